The Kier molecular flexibility index (Phi) is 4.07. The van der Waals surface area contributed by atoms with Crippen LogP contribution in [-0.2, 0) is 0 Å². The number of unbranched alkanes of at least 4 members (excludes halogenated alkanes) is 3. The topological polar surface area (TPSA) is 43.1 Å². The van der Waals surface area contributed by atoms with E-state index in [-0.39, 0.29) is 0 Å². The van der Waals surface area contributed by atoms with Gasteiger partial charge in [-0.25, -0.2) is 14.5 Å². The second kappa shape index (κ2) is 5.75. The van der Waals surface area contributed by atoms with Crippen molar-refractivity contribution in [3.63, 3.8) is 0 Å². The number of hydrogen-bond acceptors (Lipinski definition) is 3. The summed E-state index contributed by atoms with van der Waals surface area (Å²) in [5, 5.41) is 4.25. The molecule has 2 heterocycles. The zero-order valence-electron chi connectivity index (χ0n) is 10.6. The molecule has 0 fully saturated rings. The maximum Gasteiger partial charge on any atom is 0.136 e. The van der Waals surface area contributed by atoms with Gasteiger partial charge in [0.1, 0.15) is 17.7 Å². The van der Waals surface area contributed by atoms with Gasteiger partial charge in [-0.2, -0.15) is 5.10 Å². The number of fused-ring (bicyclic) bond motifs is 1. The van der Waals surface area contributed by atoms with Crippen LogP contribution in [-0.4, -0.2) is 19.6 Å². The van der Waals surface area contributed by atoms with Crippen LogP contribution in [0, 0.1) is 0 Å². The summed E-state index contributed by atoms with van der Waals surface area (Å²) in [6, 6.07) is 0. The molecule has 0 bridgehead atoms. The van der Waals surface area contributed by atoms with Crippen molar-refractivity contribution in [1.82, 2.24) is 19.6 Å². The standard InChI is InChI=1S/C13H20N4/c1-3-4-5-6-7-11(2)13-15-9-12-8-14-10-16-17(12)13/h8-11H,3-7H2,1-2H3. The van der Waals surface area contributed by atoms with E-state index in [1.807, 2.05) is 10.7 Å². The molecule has 1 unspecified atom stereocenters. The van der Waals surface area contributed by atoms with E-state index < -0.39 is 0 Å². The van der Waals surface area contributed by atoms with Gasteiger partial charge in [0.05, 0.1) is 12.4 Å². The highest BCUT2D eigenvalue weighted by Crippen LogP contribution is 2.21. The van der Waals surface area contributed by atoms with Crippen molar-refractivity contribution in [3.05, 3.63) is 24.5 Å². The van der Waals surface area contributed by atoms with E-state index in [0.29, 0.717) is 5.92 Å². The Morgan fingerprint density at radius 3 is 2.94 bits per heavy atom. The molecule has 2 rings (SSSR count). The van der Waals surface area contributed by atoms with Crippen LogP contribution >= 0.6 is 0 Å². The number of nitrogens with zero attached hydrogens (tertiary/aromatic N) is 4. The van der Waals surface area contributed by atoms with Gasteiger partial charge in [0.2, 0.25) is 0 Å². The maximum atomic E-state index is 4.45. The van der Waals surface area contributed by atoms with Crippen LogP contribution in [0.4, 0.5) is 0 Å². The van der Waals surface area contributed by atoms with Gasteiger partial charge in [-0.05, 0) is 6.42 Å². The Hall–Kier alpha value is -1.45. The fourth-order valence-corrected chi connectivity index (χ4v) is 2.12. The van der Waals surface area contributed by atoms with Gasteiger partial charge in [-0.1, -0.05) is 39.5 Å². The van der Waals surface area contributed by atoms with Crippen LogP contribution in [0.25, 0.3) is 5.52 Å². The van der Waals surface area contributed by atoms with Crippen LogP contribution in [0.5, 0.6) is 0 Å². The highest BCUT2D eigenvalue weighted by Gasteiger charge is 2.12. The maximum absolute atomic E-state index is 4.45. The van der Waals surface area contributed by atoms with Gasteiger partial charge in [-0.15, -0.1) is 0 Å². The molecule has 0 saturated heterocycles. The summed E-state index contributed by atoms with van der Waals surface area (Å²) in [5.41, 5.74) is 0.975. The molecule has 2 aromatic heterocycles. The first-order chi connectivity index (χ1) is 8.33. The molecule has 1 atom stereocenters. The molecule has 0 radical (unpaired) electrons. The van der Waals surface area contributed by atoms with Gasteiger partial charge in [0.25, 0.3) is 0 Å². The summed E-state index contributed by atoms with van der Waals surface area (Å²) in [6.45, 7) is 4.46. The zero-order valence-corrected chi connectivity index (χ0v) is 10.6. The number of rotatable bonds is 6. The van der Waals surface area contributed by atoms with E-state index in [9.17, 15) is 0 Å². The lowest BCUT2D eigenvalue weighted by molar-refractivity contribution is 0.553. The Morgan fingerprint density at radius 2 is 2.12 bits per heavy atom. The Bertz CT molecular complexity index is 463. The molecule has 0 aliphatic carbocycles. The van der Waals surface area contributed by atoms with Gasteiger partial charge in [0, 0.05) is 5.92 Å². The first-order valence-electron chi connectivity index (χ1n) is 6.46. The van der Waals surface area contributed by atoms with Gasteiger partial charge in [0.15, 0.2) is 0 Å². The van der Waals surface area contributed by atoms with Crippen molar-refractivity contribution >= 4 is 5.52 Å². The van der Waals surface area contributed by atoms with Gasteiger partial charge in [-0.3, -0.25) is 0 Å². The normalized spacial score (nSPS) is 13.1. The summed E-state index contributed by atoms with van der Waals surface area (Å²) in [6.07, 6.45) is 11.6. The third-order valence-electron chi connectivity index (χ3n) is 3.16. The summed E-state index contributed by atoms with van der Waals surface area (Å²) >= 11 is 0. The number of imidazole rings is 1. The molecule has 0 N–H and O–H groups in total. The lowest BCUT2D eigenvalue weighted by Crippen LogP contribution is -2.03. The van der Waals surface area contributed by atoms with Crippen molar-refractivity contribution in [1.29, 1.82) is 0 Å². The van der Waals surface area contributed by atoms with Crippen molar-refractivity contribution in [3.8, 4) is 0 Å². The molecule has 0 amide bonds. The fourth-order valence-electron chi connectivity index (χ4n) is 2.12. The van der Waals surface area contributed by atoms with Crippen LogP contribution < -0.4 is 0 Å². The Morgan fingerprint density at radius 1 is 1.24 bits per heavy atom. The molecular formula is C13H20N4. The predicted molar refractivity (Wildman–Crippen MR) is 68.0 cm³/mol. The van der Waals surface area contributed by atoms with Crippen LogP contribution in [0.3, 0.4) is 0 Å². The number of hydrogen-bond donors (Lipinski definition) is 0. The number of aromatic nitrogens is 4. The molecule has 17 heavy (non-hydrogen) atoms. The summed E-state index contributed by atoms with van der Waals surface area (Å²) < 4.78 is 1.90. The molecule has 0 aliphatic rings. The van der Waals surface area contributed by atoms with Crippen LogP contribution in [0.15, 0.2) is 18.7 Å². The molecule has 0 aromatic carbocycles. The minimum absolute atomic E-state index is 0.462. The first-order valence-corrected chi connectivity index (χ1v) is 6.46. The average Bonchev–Trinajstić information content (AvgIpc) is 2.78. The van der Waals surface area contributed by atoms with Crippen molar-refractivity contribution < 1.29 is 0 Å². The van der Waals surface area contributed by atoms with Crippen LogP contribution in [0.2, 0.25) is 0 Å². The van der Waals surface area contributed by atoms with E-state index in [0.717, 1.165) is 11.3 Å². The highest BCUT2D eigenvalue weighted by molar-refractivity contribution is 5.41. The Balaban J connectivity index is 2.01. The largest absolute Gasteiger partial charge is 0.241 e. The summed E-state index contributed by atoms with van der Waals surface area (Å²) in [5.74, 6) is 1.52. The second-order valence-electron chi connectivity index (χ2n) is 4.61. The van der Waals surface area contributed by atoms with Crippen LogP contribution in [0.1, 0.15) is 57.7 Å². The molecule has 0 spiro atoms. The monoisotopic (exact) mass is 232 g/mol. The molecule has 4 nitrogen and oxygen atoms in total. The van der Waals surface area contributed by atoms with E-state index in [2.05, 4.69) is 28.9 Å². The molecule has 2 aromatic rings. The summed E-state index contributed by atoms with van der Waals surface area (Å²) in [4.78, 5) is 8.45. The molecular weight excluding hydrogens is 212 g/mol. The predicted octanol–water partition coefficient (Wildman–Crippen LogP) is 3.20. The average molecular weight is 232 g/mol. The highest BCUT2D eigenvalue weighted by atomic mass is 15.3. The van der Waals surface area contributed by atoms with Gasteiger partial charge < -0.3 is 0 Å². The fraction of sp³-hybridized carbons (Fsp3) is 0.615. The molecule has 92 valence electrons. The first kappa shape index (κ1) is 12.0. The minimum Gasteiger partial charge on any atom is -0.241 e. The van der Waals surface area contributed by atoms with E-state index in [4.69, 9.17) is 0 Å². The zero-order chi connectivity index (χ0) is 12.1. The van der Waals surface area contributed by atoms with E-state index >= 15 is 0 Å². The smallest absolute Gasteiger partial charge is 0.136 e. The lowest BCUT2D eigenvalue weighted by atomic mass is 10.0. The Labute approximate surface area is 102 Å². The third-order valence-corrected chi connectivity index (χ3v) is 3.16. The van der Waals surface area contributed by atoms with E-state index in [1.54, 1.807) is 12.5 Å². The van der Waals surface area contributed by atoms with Gasteiger partial charge >= 0.3 is 0 Å². The second-order valence-corrected chi connectivity index (χ2v) is 4.61. The summed E-state index contributed by atoms with van der Waals surface area (Å²) in [7, 11) is 0. The molecule has 0 aliphatic heterocycles. The third kappa shape index (κ3) is 2.81. The molecule has 4 heteroatoms. The van der Waals surface area contributed by atoms with E-state index in [1.165, 1.54) is 32.1 Å². The quantitative estimate of drug-likeness (QED) is 0.718. The van der Waals surface area contributed by atoms with Crippen molar-refractivity contribution in [2.45, 2.75) is 51.9 Å². The molecule has 0 saturated carbocycles. The minimum atomic E-state index is 0.462. The van der Waals surface area contributed by atoms with Crippen molar-refractivity contribution in [2.75, 3.05) is 0 Å². The SMILES string of the molecule is CCCCCCC(C)c1ncc2cncnn12. The lowest BCUT2D eigenvalue weighted by Gasteiger charge is -2.09. The van der Waals surface area contributed by atoms with Crippen molar-refractivity contribution in [2.24, 2.45) is 0 Å².